The van der Waals surface area contributed by atoms with E-state index in [0.29, 0.717) is 10.8 Å². The van der Waals surface area contributed by atoms with Crippen molar-refractivity contribution in [3.63, 3.8) is 0 Å². The number of carbonyl (C=O) groups is 1. The Bertz CT molecular complexity index is 1320. The summed E-state index contributed by atoms with van der Waals surface area (Å²) in [5.74, 6) is 0.287. The van der Waals surface area contributed by atoms with Crippen LogP contribution < -0.4 is 15.7 Å². The van der Waals surface area contributed by atoms with Gasteiger partial charge in [0, 0.05) is 23.1 Å². The number of nitrogens with zero attached hydrogens (tertiary/aromatic N) is 4. The van der Waals surface area contributed by atoms with E-state index in [1.165, 1.54) is 16.8 Å². The molecule has 9 heteroatoms. The number of aryl methyl sites for hydroxylation is 3. The van der Waals surface area contributed by atoms with Crippen molar-refractivity contribution in [3.8, 4) is 11.6 Å². The molecule has 0 fully saturated rings. The number of rotatable bonds is 5. The maximum atomic E-state index is 12.7. The molecule has 158 valence electrons. The molecule has 1 N–H and O–H groups in total. The maximum Gasteiger partial charge on any atom is 0.351 e. The Labute approximate surface area is 183 Å². The number of halogens is 1. The minimum absolute atomic E-state index is 0.145. The lowest BCUT2D eigenvalue weighted by atomic mass is 10.1. The number of ether oxygens (including phenoxy) is 1. The summed E-state index contributed by atoms with van der Waals surface area (Å²) in [4.78, 5) is 29.5. The smallest absolute Gasteiger partial charge is 0.351 e. The molecule has 0 saturated heterocycles. The van der Waals surface area contributed by atoms with Gasteiger partial charge in [-0.15, -0.1) is 5.10 Å². The van der Waals surface area contributed by atoms with Gasteiger partial charge in [0.1, 0.15) is 12.3 Å². The second kappa shape index (κ2) is 8.23. The maximum absolute atomic E-state index is 12.7. The van der Waals surface area contributed by atoms with Crippen molar-refractivity contribution in [2.45, 2.75) is 27.3 Å². The number of benzene rings is 2. The predicted molar refractivity (Wildman–Crippen MR) is 118 cm³/mol. The molecule has 0 bridgehead atoms. The van der Waals surface area contributed by atoms with Gasteiger partial charge in [-0.25, -0.2) is 18.9 Å². The highest BCUT2D eigenvalue weighted by Crippen LogP contribution is 2.24. The van der Waals surface area contributed by atoms with Crippen LogP contribution in [0.25, 0.3) is 5.65 Å². The van der Waals surface area contributed by atoms with E-state index < -0.39 is 5.69 Å². The van der Waals surface area contributed by atoms with Crippen LogP contribution in [-0.2, 0) is 11.3 Å². The van der Waals surface area contributed by atoms with Crippen LogP contribution in [0.4, 0.5) is 5.69 Å². The van der Waals surface area contributed by atoms with Crippen LogP contribution >= 0.6 is 11.6 Å². The first kappa shape index (κ1) is 20.6. The van der Waals surface area contributed by atoms with E-state index in [1.807, 2.05) is 32.9 Å². The Balaban J connectivity index is 1.60. The zero-order chi connectivity index (χ0) is 22.1. The predicted octanol–water partition coefficient (Wildman–Crippen LogP) is 3.90. The van der Waals surface area contributed by atoms with Crippen LogP contribution in [0, 0.1) is 20.8 Å². The third-order valence-corrected chi connectivity index (χ3v) is 4.98. The van der Waals surface area contributed by atoms with Gasteiger partial charge < -0.3 is 10.1 Å². The third-order valence-electron chi connectivity index (χ3n) is 4.73. The van der Waals surface area contributed by atoms with Crippen LogP contribution in [0.5, 0.6) is 11.6 Å². The number of fused-ring (bicyclic) bond motifs is 1. The van der Waals surface area contributed by atoms with Crippen molar-refractivity contribution in [3.05, 3.63) is 81.0 Å². The van der Waals surface area contributed by atoms with E-state index in [-0.39, 0.29) is 24.0 Å². The van der Waals surface area contributed by atoms with Crippen LogP contribution in [0.15, 0.2) is 53.6 Å². The number of amides is 1. The average Bonchev–Trinajstić information content (AvgIpc) is 3.03. The topological polar surface area (TPSA) is 90.5 Å². The average molecular weight is 438 g/mol. The second-order valence-corrected chi connectivity index (χ2v) is 7.68. The SMILES string of the molecule is Cc1cc(C)c(NC(=O)Cn2nc3c(Oc4ccc(Cl)cc4)nccn3c2=O)c(C)c1. The Morgan fingerprint density at radius 3 is 2.48 bits per heavy atom. The van der Waals surface area contributed by atoms with Crippen molar-refractivity contribution in [2.24, 2.45) is 0 Å². The summed E-state index contributed by atoms with van der Waals surface area (Å²) in [5.41, 5.74) is 3.50. The monoisotopic (exact) mass is 437 g/mol. The molecule has 0 aliphatic rings. The van der Waals surface area contributed by atoms with E-state index in [1.54, 1.807) is 24.3 Å². The van der Waals surface area contributed by atoms with Gasteiger partial charge in [0.05, 0.1) is 0 Å². The van der Waals surface area contributed by atoms with Crippen molar-refractivity contribution >= 4 is 28.8 Å². The minimum Gasteiger partial charge on any atom is -0.436 e. The lowest BCUT2D eigenvalue weighted by Gasteiger charge is -2.12. The van der Waals surface area contributed by atoms with Gasteiger partial charge in [0.2, 0.25) is 11.6 Å². The Kier molecular flexibility index (Phi) is 5.48. The van der Waals surface area contributed by atoms with Gasteiger partial charge >= 0.3 is 5.69 Å². The van der Waals surface area contributed by atoms with Crippen LogP contribution in [0.1, 0.15) is 16.7 Å². The van der Waals surface area contributed by atoms with E-state index in [0.717, 1.165) is 27.1 Å². The molecule has 2 aromatic carbocycles. The largest absolute Gasteiger partial charge is 0.436 e. The molecule has 31 heavy (non-hydrogen) atoms. The molecule has 0 radical (unpaired) electrons. The first-order valence-electron chi connectivity index (χ1n) is 9.57. The van der Waals surface area contributed by atoms with E-state index in [2.05, 4.69) is 15.4 Å². The Morgan fingerprint density at radius 1 is 1.13 bits per heavy atom. The molecule has 4 aromatic rings. The van der Waals surface area contributed by atoms with Crippen molar-refractivity contribution in [1.82, 2.24) is 19.2 Å². The van der Waals surface area contributed by atoms with Crippen molar-refractivity contribution in [1.29, 1.82) is 0 Å². The molecule has 0 atom stereocenters. The molecule has 1 amide bonds. The molecule has 2 heterocycles. The van der Waals surface area contributed by atoms with Crippen LogP contribution in [0.3, 0.4) is 0 Å². The molecule has 4 rings (SSSR count). The second-order valence-electron chi connectivity index (χ2n) is 7.24. The quantitative estimate of drug-likeness (QED) is 0.511. The van der Waals surface area contributed by atoms with Crippen molar-refractivity contribution in [2.75, 3.05) is 5.32 Å². The van der Waals surface area contributed by atoms with Crippen LogP contribution in [-0.4, -0.2) is 25.1 Å². The molecular weight excluding hydrogens is 418 g/mol. The Morgan fingerprint density at radius 2 is 1.81 bits per heavy atom. The van der Waals surface area contributed by atoms with Gasteiger partial charge in [0.25, 0.3) is 5.88 Å². The number of hydrogen-bond acceptors (Lipinski definition) is 5. The molecular formula is C22H20ClN5O3. The zero-order valence-corrected chi connectivity index (χ0v) is 18.0. The van der Waals surface area contributed by atoms with E-state index >= 15 is 0 Å². The fourth-order valence-corrected chi connectivity index (χ4v) is 3.53. The van der Waals surface area contributed by atoms with Crippen LogP contribution in [0.2, 0.25) is 5.02 Å². The highest BCUT2D eigenvalue weighted by Gasteiger charge is 2.16. The van der Waals surface area contributed by atoms with Crippen molar-refractivity contribution < 1.29 is 9.53 Å². The summed E-state index contributed by atoms with van der Waals surface area (Å²) in [6.45, 7) is 5.62. The number of anilines is 1. The lowest BCUT2D eigenvalue weighted by molar-refractivity contribution is -0.117. The molecule has 0 aliphatic heterocycles. The molecule has 2 aromatic heterocycles. The fraction of sp³-hybridized carbons (Fsp3) is 0.182. The molecule has 0 spiro atoms. The highest BCUT2D eigenvalue weighted by atomic mass is 35.5. The highest BCUT2D eigenvalue weighted by molar-refractivity contribution is 6.30. The third kappa shape index (κ3) is 4.29. The number of nitrogens with one attached hydrogen (secondary N) is 1. The molecule has 0 saturated carbocycles. The van der Waals surface area contributed by atoms with Gasteiger partial charge in [0.15, 0.2) is 0 Å². The minimum atomic E-state index is -0.467. The van der Waals surface area contributed by atoms with Gasteiger partial charge in [-0.05, 0) is 56.2 Å². The summed E-state index contributed by atoms with van der Waals surface area (Å²) in [7, 11) is 0. The Hall–Kier alpha value is -3.65. The molecule has 0 aliphatic carbocycles. The number of hydrogen-bond donors (Lipinski definition) is 1. The van der Waals surface area contributed by atoms with Gasteiger partial charge in [-0.2, -0.15) is 0 Å². The first-order valence-corrected chi connectivity index (χ1v) is 9.95. The van der Waals surface area contributed by atoms with E-state index in [4.69, 9.17) is 16.3 Å². The molecule has 8 nitrogen and oxygen atoms in total. The van der Waals surface area contributed by atoms with E-state index in [9.17, 15) is 9.59 Å². The summed E-state index contributed by atoms with van der Waals surface area (Å²) in [6, 6.07) is 10.7. The fourth-order valence-electron chi connectivity index (χ4n) is 3.41. The normalized spacial score (nSPS) is 11.0. The van der Waals surface area contributed by atoms with Gasteiger partial charge in [-0.1, -0.05) is 29.3 Å². The number of carbonyl (C=O) groups excluding carboxylic acids is 1. The summed E-state index contributed by atoms with van der Waals surface area (Å²) in [6.07, 6.45) is 2.91. The standard InChI is InChI=1S/C22H20ClN5O3/c1-13-10-14(2)19(15(3)11-13)25-18(29)12-28-22(30)27-9-8-24-21(20(27)26-28)31-17-6-4-16(23)5-7-17/h4-11H,12H2,1-3H3,(H,25,29). The summed E-state index contributed by atoms with van der Waals surface area (Å²) >= 11 is 5.90. The summed E-state index contributed by atoms with van der Waals surface area (Å²) in [5, 5.41) is 7.71. The zero-order valence-electron chi connectivity index (χ0n) is 17.2. The van der Waals surface area contributed by atoms with Gasteiger partial charge in [-0.3, -0.25) is 4.79 Å². The first-order chi connectivity index (χ1) is 14.8. The number of aromatic nitrogens is 4. The summed E-state index contributed by atoms with van der Waals surface area (Å²) < 4.78 is 8.12. The lowest BCUT2D eigenvalue weighted by Crippen LogP contribution is -2.28. The molecule has 0 unspecified atom stereocenters.